The highest BCUT2D eigenvalue weighted by atomic mass is 79.9. The Labute approximate surface area is 228 Å². The zero-order valence-corrected chi connectivity index (χ0v) is 23.8. The van der Waals surface area contributed by atoms with Gasteiger partial charge in [0.2, 0.25) is 0 Å². The van der Waals surface area contributed by atoms with Crippen molar-refractivity contribution in [1.29, 1.82) is 0 Å². The van der Waals surface area contributed by atoms with E-state index in [-0.39, 0.29) is 11.9 Å². The van der Waals surface area contributed by atoms with Gasteiger partial charge in [-0.2, -0.15) is 0 Å². The van der Waals surface area contributed by atoms with E-state index in [0.717, 1.165) is 79.9 Å². The molecule has 5 nitrogen and oxygen atoms in total. The standard InChI is InChI=1S/C29H38BrN3O2S/c1-4-22-6-8-28(20(2)17-22)36-21(3)29(34)32-24-11-15-33(16-12-24)19-23-5-7-27(26(30)18-23)35-25-9-13-31-14-10-25/h5-8,17-18,24-25,31H,3-4,9-16,19H2,1-2H3,(H,32,34). The second-order valence-corrected chi connectivity index (χ2v) is 11.8. The maximum atomic E-state index is 12.8. The molecule has 0 atom stereocenters. The van der Waals surface area contributed by atoms with Gasteiger partial charge >= 0.3 is 0 Å². The van der Waals surface area contributed by atoms with Crippen LogP contribution in [0.3, 0.4) is 0 Å². The van der Waals surface area contributed by atoms with Crippen molar-refractivity contribution in [2.75, 3.05) is 26.2 Å². The summed E-state index contributed by atoms with van der Waals surface area (Å²) in [6, 6.07) is 13.1. The van der Waals surface area contributed by atoms with Crippen molar-refractivity contribution in [3.63, 3.8) is 0 Å². The molecule has 194 valence electrons. The summed E-state index contributed by atoms with van der Waals surface area (Å²) in [5.41, 5.74) is 3.78. The normalized spacial score (nSPS) is 17.6. The number of piperidine rings is 2. The number of halogens is 1. The van der Waals surface area contributed by atoms with Gasteiger partial charge in [0.05, 0.1) is 9.38 Å². The number of ether oxygens (including phenoxy) is 1. The highest BCUT2D eigenvalue weighted by Gasteiger charge is 2.23. The number of carbonyl (C=O) groups excluding carboxylic acids is 1. The first-order valence-corrected chi connectivity index (χ1v) is 14.7. The molecule has 2 N–H and O–H groups in total. The Morgan fingerprint density at radius 3 is 2.53 bits per heavy atom. The molecule has 2 fully saturated rings. The molecule has 4 rings (SSSR count). The molecule has 2 heterocycles. The first-order valence-electron chi connectivity index (χ1n) is 13.1. The SMILES string of the molecule is C=C(Sc1ccc(CC)cc1C)C(=O)NC1CCN(Cc2ccc(OC3CCNCC3)c(Br)c2)CC1. The molecule has 0 aliphatic carbocycles. The zero-order chi connectivity index (χ0) is 25.5. The lowest BCUT2D eigenvalue weighted by Crippen LogP contribution is -2.44. The number of benzene rings is 2. The third kappa shape index (κ3) is 7.60. The lowest BCUT2D eigenvalue weighted by atomic mass is 10.0. The molecule has 2 aliphatic rings. The van der Waals surface area contributed by atoms with Crippen LogP contribution in [0.25, 0.3) is 0 Å². The van der Waals surface area contributed by atoms with Gasteiger partial charge in [-0.05, 0) is 103 Å². The molecule has 0 spiro atoms. The molecule has 36 heavy (non-hydrogen) atoms. The number of rotatable bonds is 9. The van der Waals surface area contributed by atoms with Gasteiger partial charge in [0, 0.05) is 30.6 Å². The highest BCUT2D eigenvalue weighted by molar-refractivity contribution is 9.10. The third-order valence-electron chi connectivity index (χ3n) is 7.04. The van der Waals surface area contributed by atoms with Gasteiger partial charge in [-0.25, -0.2) is 0 Å². The highest BCUT2D eigenvalue weighted by Crippen LogP contribution is 2.31. The fraction of sp³-hybridized carbons (Fsp3) is 0.483. The number of hydrogen-bond donors (Lipinski definition) is 2. The van der Waals surface area contributed by atoms with E-state index >= 15 is 0 Å². The molecule has 0 radical (unpaired) electrons. The van der Waals surface area contributed by atoms with Crippen LogP contribution in [0.4, 0.5) is 0 Å². The Hall–Kier alpha value is -1.80. The minimum absolute atomic E-state index is 0.0503. The average Bonchev–Trinajstić information content (AvgIpc) is 2.88. The third-order valence-corrected chi connectivity index (χ3v) is 8.77. The summed E-state index contributed by atoms with van der Waals surface area (Å²) >= 11 is 5.17. The number of likely N-dealkylation sites (tertiary alicyclic amines) is 1. The molecular weight excluding hydrogens is 534 g/mol. The number of amides is 1. The van der Waals surface area contributed by atoms with E-state index in [2.05, 4.69) is 88.3 Å². The van der Waals surface area contributed by atoms with Crippen molar-refractivity contribution in [2.45, 2.75) is 69.5 Å². The van der Waals surface area contributed by atoms with Crippen LogP contribution in [-0.2, 0) is 17.8 Å². The smallest absolute Gasteiger partial charge is 0.257 e. The number of carbonyl (C=O) groups is 1. The summed E-state index contributed by atoms with van der Waals surface area (Å²) in [5, 5.41) is 6.58. The van der Waals surface area contributed by atoms with Crippen LogP contribution < -0.4 is 15.4 Å². The fourth-order valence-electron chi connectivity index (χ4n) is 4.82. The van der Waals surface area contributed by atoms with E-state index in [1.165, 1.54) is 28.5 Å². The van der Waals surface area contributed by atoms with Gasteiger partial charge in [-0.1, -0.05) is 43.5 Å². The molecule has 0 saturated carbocycles. The molecular formula is C29H38BrN3O2S. The van der Waals surface area contributed by atoms with E-state index in [1.54, 1.807) is 0 Å². The number of nitrogens with one attached hydrogen (secondary N) is 2. The fourth-order valence-corrected chi connectivity index (χ4v) is 6.11. The predicted octanol–water partition coefficient (Wildman–Crippen LogP) is 5.84. The second kappa shape index (κ2) is 13.1. The quantitative estimate of drug-likeness (QED) is 0.292. The molecule has 2 aromatic carbocycles. The molecule has 2 saturated heterocycles. The van der Waals surface area contributed by atoms with Gasteiger partial charge < -0.3 is 15.4 Å². The number of hydrogen-bond acceptors (Lipinski definition) is 5. The first-order chi connectivity index (χ1) is 17.4. The van der Waals surface area contributed by atoms with Crippen LogP contribution in [0.1, 0.15) is 49.3 Å². The summed E-state index contributed by atoms with van der Waals surface area (Å²) in [6.07, 6.45) is 5.32. The van der Waals surface area contributed by atoms with Gasteiger partial charge in [0.25, 0.3) is 5.91 Å². The van der Waals surface area contributed by atoms with Crippen molar-refractivity contribution >= 4 is 33.6 Å². The summed E-state index contributed by atoms with van der Waals surface area (Å²) in [4.78, 5) is 16.9. The minimum atomic E-state index is -0.0503. The topological polar surface area (TPSA) is 53.6 Å². The Bertz CT molecular complexity index is 1060. The number of thioether (sulfide) groups is 1. The van der Waals surface area contributed by atoms with E-state index in [1.807, 2.05) is 0 Å². The first kappa shape index (κ1) is 27.2. The molecule has 7 heteroatoms. The lowest BCUT2D eigenvalue weighted by Gasteiger charge is -2.32. The predicted molar refractivity (Wildman–Crippen MR) is 153 cm³/mol. The van der Waals surface area contributed by atoms with Crippen molar-refractivity contribution in [3.8, 4) is 5.75 Å². The number of aryl methyl sites for hydroxylation is 2. The summed E-state index contributed by atoms with van der Waals surface area (Å²) < 4.78 is 7.23. The summed E-state index contributed by atoms with van der Waals surface area (Å²) in [5.74, 6) is 0.882. The van der Waals surface area contributed by atoms with Crippen LogP contribution in [-0.4, -0.2) is 49.1 Å². The minimum Gasteiger partial charge on any atom is -0.489 e. The summed E-state index contributed by atoms with van der Waals surface area (Å²) in [7, 11) is 0. The maximum absolute atomic E-state index is 12.8. The van der Waals surface area contributed by atoms with E-state index in [9.17, 15) is 4.79 Å². The Kier molecular flexibility index (Phi) is 9.94. The summed E-state index contributed by atoms with van der Waals surface area (Å²) in [6.45, 7) is 13.2. The van der Waals surface area contributed by atoms with Gasteiger partial charge in [-0.3, -0.25) is 9.69 Å². The average molecular weight is 573 g/mol. The van der Waals surface area contributed by atoms with Gasteiger partial charge in [-0.15, -0.1) is 0 Å². The van der Waals surface area contributed by atoms with Crippen molar-refractivity contribution < 1.29 is 9.53 Å². The van der Waals surface area contributed by atoms with Crippen LogP contribution in [0.5, 0.6) is 5.75 Å². The van der Waals surface area contributed by atoms with Gasteiger partial charge in [0.15, 0.2) is 0 Å². The molecule has 0 bridgehead atoms. The number of nitrogens with zero attached hydrogens (tertiary/aromatic N) is 1. The Balaban J connectivity index is 1.21. The van der Waals surface area contributed by atoms with E-state index in [4.69, 9.17) is 4.74 Å². The molecule has 0 aromatic heterocycles. The van der Waals surface area contributed by atoms with E-state index < -0.39 is 0 Å². The van der Waals surface area contributed by atoms with Gasteiger partial charge in [0.1, 0.15) is 11.9 Å². The largest absolute Gasteiger partial charge is 0.489 e. The van der Waals surface area contributed by atoms with Crippen molar-refractivity contribution in [1.82, 2.24) is 15.5 Å². The van der Waals surface area contributed by atoms with Crippen molar-refractivity contribution in [3.05, 3.63) is 69.0 Å². The molecule has 0 unspecified atom stereocenters. The zero-order valence-electron chi connectivity index (χ0n) is 21.4. The second-order valence-electron chi connectivity index (χ2n) is 9.83. The van der Waals surface area contributed by atoms with Crippen LogP contribution in [0, 0.1) is 6.92 Å². The molecule has 2 aliphatic heterocycles. The molecule has 1 amide bonds. The molecule has 2 aromatic rings. The van der Waals surface area contributed by atoms with Crippen LogP contribution in [0.2, 0.25) is 0 Å². The Morgan fingerprint density at radius 2 is 1.86 bits per heavy atom. The van der Waals surface area contributed by atoms with E-state index in [0.29, 0.717) is 11.0 Å². The van der Waals surface area contributed by atoms with Crippen LogP contribution >= 0.6 is 27.7 Å². The van der Waals surface area contributed by atoms with Crippen LogP contribution in [0.15, 0.2) is 57.3 Å². The van der Waals surface area contributed by atoms with Crippen molar-refractivity contribution in [2.24, 2.45) is 0 Å². The Morgan fingerprint density at radius 1 is 1.14 bits per heavy atom. The maximum Gasteiger partial charge on any atom is 0.257 e. The monoisotopic (exact) mass is 571 g/mol. The lowest BCUT2D eigenvalue weighted by molar-refractivity contribution is -0.117.